The zero-order valence-electron chi connectivity index (χ0n) is 10.6. The van der Waals surface area contributed by atoms with E-state index in [9.17, 15) is 0 Å². The van der Waals surface area contributed by atoms with Crippen LogP contribution >= 0.6 is 11.6 Å². The van der Waals surface area contributed by atoms with Crippen molar-refractivity contribution in [2.24, 2.45) is 5.92 Å². The molecule has 3 nitrogen and oxygen atoms in total. The van der Waals surface area contributed by atoms with Crippen LogP contribution in [0.1, 0.15) is 38.5 Å². The third kappa shape index (κ3) is 2.28. The van der Waals surface area contributed by atoms with Crippen molar-refractivity contribution in [2.45, 2.75) is 44.6 Å². The fourth-order valence-electron chi connectivity index (χ4n) is 3.56. The van der Waals surface area contributed by atoms with Crippen LogP contribution in [0.2, 0.25) is 5.15 Å². The Hall–Kier alpha value is -0.960. The van der Waals surface area contributed by atoms with Crippen molar-refractivity contribution in [2.75, 3.05) is 17.2 Å². The van der Waals surface area contributed by atoms with E-state index in [-0.39, 0.29) is 0 Å². The Morgan fingerprint density at radius 2 is 1.94 bits per heavy atom. The molecule has 2 atom stereocenters. The predicted molar refractivity (Wildman–Crippen MR) is 76.0 cm³/mol. The van der Waals surface area contributed by atoms with Gasteiger partial charge in [0.15, 0.2) is 0 Å². The van der Waals surface area contributed by atoms with Gasteiger partial charge in [-0.25, -0.2) is 4.98 Å². The molecule has 0 aromatic carbocycles. The molecule has 2 N–H and O–H groups in total. The quantitative estimate of drug-likeness (QED) is 0.791. The number of hydrogen-bond donors (Lipinski definition) is 1. The summed E-state index contributed by atoms with van der Waals surface area (Å²) < 4.78 is 0. The van der Waals surface area contributed by atoms with Crippen LogP contribution in [0.4, 0.5) is 11.5 Å². The number of piperidine rings is 1. The van der Waals surface area contributed by atoms with Gasteiger partial charge in [0.25, 0.3) is 0 Å². The molecule has 0 radical (unpaired) electrons. The molecular weight excluding hydrogens is 246 g/mol. The topological polar surface area (TPSA) is 42.1 Å². The Morgan fingerprint density at radius 1 is 1.17 bits per heavy atom. The molecule has 1 saturated heterocycles. The fourth-order valence-corrected chi connectivity index (χ4v) is 3.77. The summed E-state index contributed by atoms with van der Waals surface area (Å²) in [6.07, 6.45) is 8.02. The second-order valence-corrected chi connectivity index (χ2v) is 5.92. The maximum atomic E-state index is 6.03. The van der Waals surface area contributed by atoms with Crippen LogP contribution in [-0.4, -0.2) is 17.6 Å². The van der Waals surface area contributed by atoms with Gasteiger partial charge >= 0.3 is 0 Å². The largest absolute Gasteiger partial charge is 0.399 e. The monoisotopic (exact) mass is 265 g/mol. The number of halogens is 1. The summed E-state index contributed by atoms with van der Waals surface area (Å²) in [5, 5.41) is 0.503. The highest BCUT2D eigenvalue weighted by molar-refractivity contribution is 6.29. The third-order valence-electron chi connectivity index (χ3n) is 4.34. The molecule has 0 bridgehead atoms. The summed E-state index contributed by atoms with van der Waals surface area (Å²) in [5.74, 6) is 1.81. The van der Waals surface area contributed by atoms with E-state index in [4.69, 9.17) is 17.3 Å². The molecule has 0 spiro atoms. The van der Waals surface area contributed by atoms with Gasteiger partial charge in [-0.2, -0.15) is 0 Å². The number of fused-ring (bicyclic) bond motifs is 1. The van der Waals surface area contributed by atoms with Crippen LogP contribution in [-0.2, 0) is 0 Å². The van der Waals surface area contributed by atoms with E-state index in [1.807, 2.05) is 6.07 Å². The van der Waals surface area contributed by atoms with Gasteiger partial charge in [-0.05, 0) is 37.7 Å². The Morgan fingerprint density at radius 3 is 2.78 bits per heavy atom. The first-order valence-corrected chi connectivity index (χ1v) is 7.31. The smallest absolute Gasteiger partial charge is 0.133 e. The minimum Gasteiger partial charge on any atom is -0.399 e. The average molecular weight is 266 g/mol. The van der Waals surface area contributed by atoms with Crippen molar-refractivity contribution in [3.8, 4) is 0 Å². The van der Waals surface area contributed by atoms with Crippen LogP contribution in [0, 0.1) is 5.92 Å². The highest BCUT2D eigenvalue weighted by Gasteiger charge is 2.33. The highest BCUT2D eigenvalue weighted by Crippen LogP contribution is 2.37. The Balaban J connectivity index is 1.89. The number of nitrogens with zero attached hydrogens (tertiary/aromatic N) is 2. The van der Waals surface area contributed by atoms with Crippen molar-refractivity contribution in [1.82, 2.24) is 4.98 Å². The molecule has 0 amide bonds. The van der Waals surface area contributed by atoms with E-state index in [1.165, 1.54) is 38.5 Å². The SMILES string of the molecule is Nc1cc(Cl)nc(N2CCCC3CCCCC32)c1. The molecule has 2 aliphatic rings. The van der Waals surface area contributed by atoms with Gasteiger partial charge in [0.2, 0.25) is 0 Å². The lowest BCUT2D eigenvalue weighted by molar-refractivity contribution is 0.243. The summed E-state index contributed by atoms with van der Waals surface area (Å²) in [5.41, 5.74) is 6.59. The first kappa shape index (κ1) is 12.1. The van der Waals surface area contributed by atoms with Crippen molar-refractivity contribution in [3.63, 3.8) is 0 Å². The third-order valence-corrected chi connectivity index (χ3v) is 4.53. The molecule has 98 valence electrons. The maximum absolute atomic E-state index is 6.03. The first-order valence-electron chi connectivity index (χ1n) is 6.94. The van der Waals surface area contributed by atoms with E-state index >= 15 is 0 Å². The number of hydrogen-bond acceptors (Lipinski definition) is 3. The molecule has 1 aromatic heterocycles. The normalized spacial score (nSPS) is 27.9. The standard InChI is InChI=1S/C14H20ClN3/c15-13-8-11(16)9-14(17-13)18-7-3-5-10-4-1-2-6-12(10)18/h8-10,12H,1-7H2,(H2,16,17). The number of nitrogens with two attached hydrogens (primary N) is 1. The lowest BCUT2D eigenvalue weighted by atomic mass is 9.78. The second-order valence-electron chi connectivity index (χ2n) is 5.53. The van der Waals surface area contributed by atoms with Gasteiger partial charge in [0.05, 0.1) is 0 Å². The molecule has 1 saturated carbocycles. The Labute approximate surface area is 113 Å². The summed E-state index contributed by atoms with van der Waals surface area (Å²) in [6.45, 7) is 1.09. The van der Waals surface area contributed by atoms with E-state index in [2.05, 4.69) is 9.88 Å². The molecule has 2 fully saturated rings. The van der Waals surface area contributed by atoms with Crippen LogP contribution in [0.15, 0.2) is 12.1 Å². The second kappa shape index (κ2) is 4.96. The number of aromatic nitrogens is 1. The van der Waals surface area contributed by atoms with Crippen molar-refractivity contribution in [3.05, 3.63) is 17.3 Å². The lowest BCUT2D eigenvalue weighted by Gasteiger charge is -2.44. The fraction of sp³-hybridized carbons (Fsp3) is 0.643. The van der Waals surface area contributed by atoms with Gasteiger partial charge in [-0.1, -0.05) is 24.4 Å². The number of nitrogen functional groups attached to an aromatic ring is 1. The Kier molecular flexibility index (Phi) is 3.33. The Bertz CT molecular complexity index is 413. The minimum absolute atomic E-state index is 0.503. The van der Waals surface area contributed by atoms with Crippen LogP contribution < -0.4 is 10.6 Å². The van der Waals surface area contributed by atoms with Gasteiger partial charge < -0.3 is 10.6 Å². The average Bonchev–Trinajstić information content (AvgIpc) is 2.37. The van der Waals surface area contributed by atoms with Gasteiger partial charge in [0, 0.05) is 24.3 Å². The summed E-state index contributed by atoms with van der Waals surface area (Å²) in [4.78, 5) is 6.90. The molecular formula is C14H20ClN3. The first-order chi connectivity index (χ1) is 8.74. The summed E-state index contributed by atoms with van der Waals surface area (Å²) >= 11 is 6.03. The number of anilines is 2. The lowest BCUT2D eigenvalue weighted by Crippen LogP contribution is -2.47. The predicted octanol–water partition coefficient (Wildman–Crippen LogP) is 3.48. The molecule has 1 aromatic rings. The minimum atomic E-state index is 0.503. The van der Waals surface area contributed by atoms with Crippen LogP contribution in [0.5, 0.6) is 0 Å². The van der Waals surface area contributed by atoms with E-state index < -0.39 is 0 Å². The molecule has 4 heteroatoms. The highest BCUT2D eigenvalue weighted by atomic mass is 35.5. The van der Waals surface area contributed by atoms with Crippen molar-refractivity contribution < 1.29 is 0 Å². The summed E-state index contributed by atoms with van der Waals surface area (Å²) in [6, 6.07) is 4.33. The van der Waals surface area contributed by atoms with Crippen LogP contribution in [0.3, 0.4) is 0 Å². The molecule has 2 unspecified atom stereocenters. The van der Waals surface area contributed by atoms with Gasteiger partial charge in [0.1, 0.15) is 11.0 Å². The van der Waals surface area contributed by atoms with Crippen molar-refractivity contribution >= 4 is 23.1 Å². The maximum Gasteiger partial charge on any atom is 0.133 e. The molecule has 18 heavy (non-hydrogen) atoms. The van der Waals surface area contributed by atoms with E-state index in [0.717, 1.165) is 18.3 Å². The number of rotatable bonds is 1. The zero-order valence-corrected chi connectivity index (χ0v) is 11.4. The van der Waals surface area contributed by atoms with Crippen LogP contribution in [0.25, 0.3) is 0 Å². The molecule has 3 rings (SSSR count). The molecule has 2 heterocycles. The summed E-state index contributed by atoms with van der Waals surface area (Å²) in [7, 11) is 0. The van der Waals surface area contributed by atoms with E-state index in [1.54, 1.807) is 6.07 Å². The van der Waals surface area contributed by atoms with E-state index in [0.29, 0.717) is 16.9 Å². The van der Waals surface area contributed by atoms with Gasteiger partial charge in [-0.3, -0.25) is 0 Å². The zero-order chi connectivity index (χ0) is 12.5. The molecule has 1 aliphatic heterocycles. The molecule has 1 aliphatic carbocycles. The number of pyridine rings is 1. The van der Waals surface area contributed by atoms with Gasteiger partial charge in [-0.15, -0.1) is 0 Å². The van der Waals surface area contributed by atoms with Crippen molar-refractivity contribution in [1.29, 1.82) is 0 Å².